The Balaban J connectivity index is 1.97. The highest BCUT2D eigenvalue weighted by Crippen LogP contribution is 2.31. The van der Waals surface area contributed by atoms with E-state index in [1.165, 1.54) is 43.9 Å². The van der Waals surface area contributed by atoms with Crippen molar-refractivity contribution in [1.29, 1.82) is 0 Å². The predicted octanol–water partition coefficient (Wildman–Crippen LogP) is 5.90. The van der Waals surface area contributed by atoms with Crippen LogP contribution in [-0.4, -0.2) is 28.0 Å². The van der Waals surface area contributed by atoms with Crippen molar-refractivity contribution in [2.45, 2.75) is 63.7 Å². The third-order valence-electron chi connectivity index (χ3n) is 5.36. The van der Waals surface area contributed by atoms with E-state index in [9.17, 15) is 19.2 Å². The lowest BCUT2D eigenvalue weighted by Gasteiger charge is -2.14. The predicted molar refractivity (Wildman–Crippen MR) is 127 cm³/mol. The second-order valence-electron chi connectivity index (χ2n) is 7.91. The third-order valence-corrected chi connectivity index (χ3v) is 6.93. The maximum atomic E-state index is 13.2. The molecule has 3 rings (SSSR count). The number of hydrogen-bond donors (Lipinski definition) is 1. The zero-order valence-corrected chi connectivity index (χ0v) is 19.5. The molecule has 0 spiro atoms. The van der Waals surface area contributed by atoms with Gasteiger partial charge in [-0.05, 0) is 48.3 Å². The van der Waals surface area contributed by atoms with Gasteiger partial charge in [0.05, 0.1) is 22.9 Å². The van der Waals surface area contributed by atoms with Crippen molar-refractivity contribution < 1.29 is 23.6 Å². The van der Waals surface area contributed by atoms with Gasteiger partial charge < -0.3 is 18.8 Å². The van der Waals surface area contributed by atoms with Crippen molar-refractivity contribution in [1.82, 2.24) is 0 Å². The second-order valence-corrected chi connectivity index (χ2v) is 9.45. The second kappa shape index (κ2) is 11.4. The molecule has 0 aliphatic heterocycles. The number of carboxylic acid groups (broad SMARTS) is 1. The highest BCUT2D eigenvalue weighted by atomic mass is 32.2. The van der Waals surface area contributed by atoms with Crippen LogP contribution in [0.2, 0.25) is 0 Å². The summed E-state index contributed by atoms with van der Waals surface area (Å²) < 4.78 is 24.8. The van der Waals surface area contributed by atoms with E-state index in [0.29, 0.717) is 23.0 Å². The molecule has 1 heterocycles. The molecule has 0 bridgehead atoms. The summed E-state index contributed by atoms with van der Waals surface area (Å²) in [6.45, 7) is 4.64. The minimum atomic E-state index is -1.35. The fourth-order valence-electron chi connectivity index (χ4n) is 3.66. The molecule has 0 aliphatic rings. The van der Waals surface area contributed by atoms with Crippen LogP contribution in [0.5, 0.6) is 5.75 Å². The Bertz CT molecular complexity index is 1140. The molecule has 172 valence electrons. The van der Waals surface area contributed by atoms with E-state index in [-0.39, 0.29) is 32.9 Å². The molecule has 32 heavy (non-hydrogen) atoms. The average molecular weight is 459 g/mol. The monoisotopic (exact) mass is 458 g/mol. The summed E-state index contributed by atoms with van der Waals surface area (Å²) in [5.74, 6) is -0.200. The van der Waals surface area contributed by atoms with Crippen molar-refractivity contribution in [3.63, 3.8) is 0 Å². The number of unbranched alkanes of at least 4 members (excludes halogenated alkanes) is 5. The minimum absolute atomic E-state index is 0.00871. The number of hydrogen-bond acceptors (Lipinski definition) is 5. The summed E-state index contributed by atoms with van der Waals surface area (Å²) in [6.07, 6.45) is 7.54. The molecular weight excluding hydrogens is 428 g/mol. The molecule has 0 fully saturated rings. The molecule has 0 aliphatic carbocycles. The Morgan fingerprint density at radius 1 is 1.03 bits per heavy atom. The number of benzene rings is 2. The molecular formula is C25H30O6S. The van der Waals surface area contributed by atoms with E-state index in [4.69, 9.17) is 9.15 Å². The first-order valence-corrected chi connectivity index (χ1v) is 12.6. The van der Waals surface area contributed by atoms with E-state index in [2.05, 4.69) is 6.92 Å². The molecule has 0 saturated carbocycles. The van der Waals surface area contributed by atoms with Gasteiger partial charge in [-0.3, -0.25) is 4.79 Å². The van der Waals surface area contributed by atoms with Gasteiger partial charge in [0.15, 0.2) is 10.5 Å². The topological polar surface area (TPSA) is 99.8 Å². The lowest BCUT2D eigenvalue weighted by molar-refractivity contribution is 0.0697. The SMILES string of the molecule is CCCCCCCCOc1cc([S+]([O-])CCC)c2oc3ccc(C(=O)O)cc3c(=O)c2c1. The van der Waals surface area contributed by atoms with Gasteiger partial charge in [-0.2, -0.15) is 0 Å². The van der Waals surface area contributed by atoms with Crippen molar-refractivity contribution in [2.75, 3.05) is 12.4 Å². The van der Waals surface area contributed by atoms with E-state index in [1.54, 1.807) is 12.1 Å². The Kier molecular flexibility index (Phi) is 8.59. The number of carbonyl (C=O) groups is 1. The van der Waals surface area contributed by atoms with E-state index in [1.807, 2.05) is 6.92 Å². The van der Waals surface area contributed by atoms with Gasteiger partial charge in [-0.15, -0.1) is 0 Å². The van der Waals surface area contributed by atoms with Crippen molar-refractivity contribution in [3.8, 4) is 5.75 Å². The Labute approximate surface area is 190 Å². The van der Waals surface area contributed by atoms with Gasteiger partial charge in [0.25, 0.3) is 0 Å². The van der Waals surface area contributed by atoms with Crippen LogP contribution in [-0.2, 0) is 11.2 Å². The first kappa shape index (κ1) is 24.1. The number of rotatable bonds is 12. The quantitative estimate of drug-likeness (QED) is 0.206. The first-order valence-electron chi connectivity index (χ1n) is 11.2. The third kappa shape index (κ3) is 5.64. The van der Waals surface area contributed by atoms with Crippen molar-refractivity contribution in [2.24, 2.45) is 0 Å². The molecule has 1 unspecified atom stereocenters. The van der Waals surface area contributed by atoms with Gasteiger partial charge >= 0.3 is 5.97 Å². The molecule has 0 radical (unpaired) electrons. The molecule has 0 amide bonds. The maximum Gasteiger partial charge on any atom is 0.335 e. The molecule has 6 nitrogen and oxygen atoms in total. The van der Waals surface area contributed by atoms with Gasteiger partial charge in [0, 0.05) is 6.07 Å². The minimum Gasteiger partial charge on any atom is -0.611 e. The molecule has 3 aromatic rings. The van der Waals surface area contributed by atoms with Crippen molar-refractivity contribution >= 4 is 39.1 Å². The standard InChI is InChI=1S/C25H30O6S/c1-3-5-6-7-8-9-12-30-18-15-20-23(26)19-14-17(25(27)28)10-11-21(19)31-24(20)22(16-18)32(29)13-4-2/h10-11,14-16H,3-9,12-13H2,1-2H3,(H,27,28). The lowest BCUT2D eigenvalue weighted by atomic mass is 10.1. The molecule has 0 saturated heterocycles. The highest BCUT2D eigenvalue weighted by Gasteiger charge is 2.22. The van der Waals surface area contributed by atoms with E-state index >= 15 is 0 Å². The van der Waals surface area contributed by atoms with E-state index in [0.717, 1.165) is 19.3 Å². The summed E-state index contributed by atoms with van der Waals surface area (Å²) in [7, 11) is 0. The van der Waals surface area contributed by atoms with Gasteiger partial charge in [0.1, 0.15) is 17.1 Å². The van der Waals surface area contributed by atoms with Crippen LogP contribution in [0.3, 0.4) is 0 Å². The van der Waals surface area contributed by atoms with Gasteiger partial charge in [-0.25, -0.2) is 4.79 Å². The smallest absolute Gasteiger partial charge is 0.335 e. The fourth-order valence-corrected chi connectivity index (χ4v) is 4.85. The summed E-state index contributed by atoms with van der Waals surface area (Å²) >= 11 is -1.35. The zero-order valence-electron chi connectivity index (χ0n) is 18.6. The fraction of sp³-hybridized carbons (Fsp3) is 0.440. The molecule has 1 aromatic heterocycles. The summed E-state index contributed by atoms with van der Waals surface area (Å²) in [5, 5.41) is 9.69. The number of ether oxygens (including phenoxy) is 1. The zero-order chi connectivity index (χ0) is 23.1. The van der Waals surface area contributed by atoms with Crippen LogP contribution >= 0.6 is 0 Å². The first-order chi connectivity index (χ1) is 15.5. The summed E-state index contributed by atoms with van der Waals surface area (Å²) in [6, 6.07) is 7.48. The highest BCUT2D eigenvalue weighted by molar-refractivity contribution is 7.91. The number of aromatic carboxylic acids is 1. The van der Waals surface area contributed by atoms with Crippen LogP contribution in [0, 0.1) is 0 Å². The largest absolute Gasteiger partial charge is 0.611 e. The van der Waals surface area contributed by atoms with Gasteiger partial charge in [0.2, 0.25) is 5.43 Å². The molecule has 1 N–H and O–H groups in total. The average Bonchev–Trinajstić information content (AvgIpc) is 2.78. The van der Waals surface area contributed by atoms with Crippen molar-refractivity contribution in [3.05, 3.63) is 46.1 Å². The molecule has 7 heteroatoms. The maximum absolute atomic E-state index is 13.2. The van der Waals surface area contributed by atoms with Crippen LogP contribution < -0.4 is 10.2 Å². The lowest BCUT2D eigenvalue weighted by Crippen LogP contribution is -2.11. The van der Waals surface area contributed by atoms with E-state index < -0.39 is 17.1 Å². The Hall–Kier alpha value is -2.51. The van der Waals surface area contributed by atoms with Crippen LogP contribution in [0.25, 0.3) is 21.9 Å². The van der Waals surface area contributed by atoms with Crippen LogP contribution in [0.15, 0.2) is 44.4 Å². The molecule has 2 aromatic carbocycles. The van der Waals surface area contributed by atoms with Gasteiger partial charge in [-0.1, -0.05) is 46.0 Å². The van der Waals surface area contributed by atoms with Crippen LogP contribution in [0.4, 0.5) is 0 Å². The van der Waals surface area contributed by atoms with Crippen LogP contribution in [0.1, 0.15) is 69.2 Å². The Morgan fingerprint density at radius 3 is 2.50 bits per heavy atom. The normalized spacial score (nSPS) is 12.3. The summed E-state index contributed by atoms with van der Waals surface area (Å²) in [4.78, 5) is 25.0. The Morgan fingerprint density at radius 2 is 1.78 bits per heavy atom. The molecule has 1 atom stereocenters. The number of fused-ring (bicyclic) bond motifs is 2. The number of carboxylic acids is 1. The summed E-state index contributed by atoms with van der Waals surface area (Å²) in [5.41, 5.74) is 0.186.